The third kappa shape index (κ3) is 8.10. The van der Waals surface area contributed by atoms with Crippen molar-refractivity contribution in [1.29, 1.82) is 0 Å². The molecule has 0 aliphatic heterocycles. The van der Waals surface area contributed by atoms with Crippen LogP contribution >= 0.6 is 0 Å². The Morgan fingerprint density at radius 1 is 0.854 bits per heavy atom. The van der Waals surface area contributed by atoms with Gasteiger partial charge in [-0.1, -0.05) is 61.4 Å². The van der Waals surface area contributed by atoms with Crippen LogP contribution in [0.5, 0.6) is 5.75 Å². The average Bonchev–Trinajstić information content (AvgIpc) is 2.96. The van der Waals surface area contributed by atoms with E-state index in [2.05, 4.69) is 5.32 Å². The Labute approximate surface area is 244 Å². The third-order valence-electron chi connectivity index (χ3n) is 7.11. The first-order valence-corrected chi connectivity index (χ1v) is 15.3. The van der Waals surface area contributed by atoms with Gasteiger partial charge in [-0.2, -0.15) is 0 Å². The monoisotopic (exact) mass is 579 g/mol. The molecule has 0 saturated heterocycles. The number of sulfonamides is 1. The summed E-state index contributed by atoms with van der Waals surface area (Å²) in [7, 11) is -2.53. The van der Waals surface area contributed by atoms with Crippen molar-refractivity contribution in [1.82, 2.24) is 10.2 Å². The number of benzene rings is 3. The van der Waals surface area contributed by atoms with Crippen molar-refractivity contribution in [2.45, 2.75) is 71.0 Å². The number of hydrogen-bond donors (Lipinski definition) is 1. The van der Waals surface area contributed by atoms with Crippen LogP contribution in [0.2, 0.25) is 0 Å². The molecule has 220 valence electrons. The fourth-order valence-corrected chi connectivity index (χ4v) is 5.78. The van der Waals surface area contributed by atoms with Crippen molar-refractivity contribution < 1.29 is 22.7 Å². The Bertz CT molecular complexity index is 1410. The van der Waals surface area contributed by atoms with Gasteiger partial charge in [0.2, 0.25) is 11.8 Å². The lowest BCUT2D eigenvalue weighted by Crippen LogP contribution is -2.53. The van der Waals surface area contributed by atoms with Gasteiger partial charge < -0.3 is 15.0 Å². The minimum absolute atomic E-state index is 0.0690. The SMILES string of the molecule is CC[C@H](C)NC(=O)[C@H](CC)N(Cc1ccc(OC)cc1)C(=O)CN(c1ccc(C)cc1)S(=O)(=O)c1ccc(C)cc1. The minimum atomic E-state index is -4.10. The van der Waals surface area contributed by atoms with Crippen LogP contribution < -0.4 is 14.4 Å². The van der Waals surface area contributed by atoms with Gasteiger partial charge in [0.1, 0.15) is 18.3 Å². The summed E-state index contributed by atoms with van der Waals surface area (Å²) in [5.74, 6) is -0.0851. The minimum Gasteiger partial charge on any atom is -0.497 e. The molecule has 3 aromatic rings. The maximum Gasteiger partial charge on any atom is 0.264 e. The molecule has 0 aliphatic carbocycles. The topological polar surface area (TPSA) is 96.0 Å². The van der Waals surface area contributed by atoms with Crippen molar-refractivity contribution in [3.05, 3.63) is 89.5 Å². The first kappa shape index (κ1) is 31.7. The fourth-order valence-electron chi connectivity index (χ4n) is 4.37. The smallest absolute Gasteiger partial charge is 0.264 e. The molecule has 0 aromatic heterocycles. The molecule has 2 amide bonds. The molecule has 3 aromatic carbocycles. The van der Waals surface area contributed by atoms with E-state index in [9.17, 15) is 18.0 Å². The number of amides is 2. The Morgan fingerprint density at radius 3 is 1.93 bits per heavy atom. The number of anilines is 1. The van der Waals surface area contributed by atoms with E-state index in [0.29, 0.717) is 17.9 Å². The van der Waals surface area contributed by atoms with Crippen LogP contribution in [-0.2, 0) is 26.2 Å². The van der Waals surface area contributed by atoms with E-state index >= 15 is 0 Å². The van der Waals surface area contributed by atoms with Crippen LogP contribution in [0.4, 0.5) is 5.69 Å². The highest BCUT2D eigenvalue weighted by Crippen LogP contribution is 2.26. The average molecular weight is 580 g/mol. The van der Waals surface area contributed by atoms with Gasteiger partial charge in [-0.15, -0.1) is 0 Å². The second kappa shape index (κ2) is 14.2. The van der Waals surface area contributed by atoms with Gasteiger partial charge in [0.15, 0.2) is 0 Å². The Hall–Kier alpha value is -3.85. The molecule has 0 unspecified atom stereocenters. The fraction of sp³-hybridized carbons (Fsp3) is 0.375. The summed E-state index contributed by atoms with van der Waals surface area (Å²) in [6.07, 6.45) is 1.10. The molecular weight excluding hydrogens is 538 g/mol. The highest BCUT2D eigenvalue weighted by Gasteiger charge is 2.34. The van der Waals surface area contributed by atoms with Gasteiger partial charge in [0.05, 0.1) is 17.7 Å². The molecule has 1 N–H and O–H groups in total. The first-order chi connectivity index (χ1) is 19.5. The zero-order chi connectivity index (χ0) is 30.2. The summed E-state index contributed by atoms with van der Waals surface area (Å²) in [5.41, 5.74) is 3.04. The van der Waals surface area contributed by atoms with Crippen molar-refractivity contribution in [3.8, 4) is 5.75 Å². The quantitative estimate of drug-likeness (QED) is 0.299. The number of methoxy groups -OCH3 is 1. The molecule has 0 fully saturated rings. The molecule has 3 rings (SSSR count). The lowest BCUT2D eigenvalue weighted by atomic mass is 10.1. The van der Waals surface area contributed by atoms with Crippen LogP contribution in [0.1, 0.15) is 50.3 Å². The molecule has 0 radical (unpaired) electrons. The van der Waals surface area contributed by atoms with Crippen LogP contribution in [-0.4, -0.2) is 50.9 Å². The molecule has 0 spiro atoms. The van der Waals surface area contributed by atoms with E-state index in [1.165, 1.54) is 4.90 Å². The van der Waals surface area contributed by atoms with Gasteiger partial charge in [-0.3, -0.25) is 13.9 Å². The number of carbonyl (C=O) groups is 2. The number of aryl methyl sites for hydroxylation is 2. The molecule has 0 saturated carbocycles. The lowest BCUT2D eigenvalue weighted by molar-refractivity contribution is -0.140. The van der Waals surface area contributed by atoms with Crippen molar-refractivity contribution in [3.63, 3.8) is 0 Å². The van der Waals surface area contributed by atoms with Gasteiger partial charge in [-0.25, -0.2) is 8.42 Å². The summed E-state index contributed by atoms with van der Waals surface area (Å²) in [6.45, 7) is 9.17. The van der Waals surface area contributed by atoms with Crippen molar-refractivity contribution in [2.24, 2.45) is 0 Å². The molecule has 41 heavy (non-hydrogen) atoms. The van der Waals surface area contributed by atoms with Crippen LogP contribution in [0.25, 0.3) is 0 Å². The summed E-state index contributed by atoms with van der Waals surface area (Å²) in [6, 6.07) is 19.9. The second-order valence-electron chi connectivity index (χ2n) is 10.3. The second-order valence-corrected chi connectivity index (χ2v) is 12.1. The number of nitrogens with zero attached hydrogens (tertiary/aromatic N) is 2. The highest BCUT2D eigenvalue weighted by atomic mass is 32.2. The molecular formula is C32H41N3O5S. The van der Waals surface area contributed by atoms with Gasteiger partial charge in [0, 0.05) is 12.6 Å². The van der Waals surface area contributed by atoms with E-state index in [1.54, 1.807) is 67.8 Å². The first-order valence-electron chi connectivity index (χ1n) is 13.9. The Kier molecular flexibility index (Phi) is 10.9. The summed E-state index contributed by atoms with van der Waals surface area (Å²) in [4.78, 5) is 29.1. The normalized spacial score (nSPS) is 12.7. The summed E-state index contributed by atoms with van der Waals surface area (Å²) >= 11 is 0. The third-order valence-corrected chi connectivity index (χ3v) is 8.90. The van der Waals surface area contributed by atoms with E-state index in [4.69, 9.17) is 4.74 Å². The molecule has 0 heterocycles. The predicted molar refractivity (Wildman–Crippen MR) is 162 cm³/mol. The van der Waals surface area contributed by atoms with Crippen LogP contribution in [0.3, 0.4) is 0 Å². The molecule has 0 bridgehead atoms. The Morgan fingerprint density at radius 2 is 1.41 bits per heavy atom. The largest absolute Gasteiger partial charge is 0.497 e. The van der Waals surface area contributed by atoms with Gasteiger partial charge in [0.25, 0.3) is 10.0 Å². The lowest BCUT2D eigenvalue weighted by Gasteiger charge is -2.33. The Balaban J connectivity index is 2.05. The zero-order valence-corrected chi connectivity index (χ0v) is 25.6. The van der Waals surface area contributed by atoms with Crippen LogP contribution in [0.15, 0.2) is 77.7 Å². The number of rotatable bonds is 13. The summed E-state index contributed by atoms with van der Waals surface area (Å²) < 4.78 is 34.3. The molecule has 9 heteroatoms. The molecule has 0 aliphatic rings. The maximum absolute atomic E-state index is 14.1. The zero-order valence-electron chi connectivity index (χ0n) is 24.8. The number of hydrogen-bond acceptors (Lipinski definition) is 5. The molecule has 2 atom stereocenters. The number of nitrogens with one attached hydrogen (secondary N) is 1. The van der Waals surface area contributed by atoms with E-state index in [0.717, 1.165) is 27.4 Å². The predicted octanol–water partition coefficient (Wildman–Crippen LogP) is 5.23. The van der Waals surface area contributed by atoms with Gasteiger partial charge in [-0.05, 0) is 75.6 Å². The van der Waals surface area contributed by atoms with E-state index < -0.39 is 28.5 Å². The van der Waals surface area contributed by atoms with Gasteiger partial charge >= 0.3 is 0 Å². The maximum atomic E-state index is 14.1. The van der Waals surface area contributed by atoms with Crippen LogP contribution in [0, 0.1) is 13.8 Å². The van der Waals surface area contributed by atoms with Crippen molar-refractivity contribution >= 4 is 27.5 Å². The standard InChI is InChI=1S/C32H41N3O5S/c1-7-25(5)33-32(37)30(8-2)34(21-26-13-17-28(40-6)18-14-26)31(36)22-35(27-15-9-23(3)10-16-27)41(38,39)29-19-11-24(4)12-20-29/h9-20,25,30H,7-8,21-22H2,1-6H3,(H,33,37)/t25-,30-/m0/s1. The van der Waals surface area contributed by atoms with E-state index in [-0.39, 0.29) is 23.4 Å². The number of ether oxygens (including phenoxy) is 1. The number of carbonyl (C=O) groups excluding carboxylic acids is 2. The highest BCUT2D eigenvalue weighted by molar-refractivity contribution is 7.92. The molecule has 8 nitrogen and oxygen atoms in total. The van der Waals surface area contributed by atoms with Crippen molar-refractivity contribution in [2.75, 3.05) is 18.0 Å². The van der Waals surface area contributed by atoms with E-state index in [1.807, 2.05) is 46.8 Å². The summed E-state index contributed by atoms with van der Waals surface area (Å²) in [5, 5.41) is 2.99.